The number of hydrogen-bond donors (Lipinski definition) is 2. The van der Waals surface area contributed by atoms with Crippen molar-refractivity contribution in [2.75, 3.05) is 6.61 Å². The van der Waals surface area contributed by atoms with Crippen molar-refractivity contribution in [1.29, 1.82) is 0 Å². The zero-order valence-electron chi connectivity index (χ0n) is 11.6. The number of aromatic nitrogens is 1. The van der Waals surface area contributed by atoms with E-state index >= 15 is 0 Å². The Balaban J connectivity index is 1.81. The Kier molecular flexibility index (Phi) is 4.01. The maximum atomic E-state index is 14.0. The van der Waals surface area contributed by atoms with E-state index in [4.69, 9.17) is 10.6 Å². The summed E-state index contributed by atoms with van der Waals surface area (Å²) < 4.78 is 20.0. The molecular weight excluding hydrogens is 257 g/mol. The molecule has 2 aliphatic rings. The van der Waals surface area contributed by atoms with Crippen LogP contribution < -0.4 is 11.3 Å². The van der Waals surface area contributed by atoms with Crippen molar-refractivity contribution in [3.05, 3.63) is 29.8 Å². The molecular formula is C15H22FN3O. The third kappa shape index (κ3) is 2.57. The number of halogens is 1. The van der Waals surface area contributed by atoms with Crippen LogP contribution in [0.1, 0.15) is 50.3 Å². The van der Waals surface area contributed by atoms with Crippen molar-refractivity contribution >= 4 is 0 Å². The van der Waals surface area contributed by atoms with Gasteiger partial charge in [0.25, 0.3) is 0 Å². The van der Waals surface area contributed by atoms with Crippen molar-refractivity contribution in [1.82, 2.24) is 10.4 Å². The molecule has 2 atom stereocenters. The maximum absolute atomic E-state index is 14.0. The first kappa shape index (κ1) is 13.9. The summed E-state index contributed by atoms with van der Waals surface area (Å²) in [6.45, 7) is 0.733. The fourth-order valence-electron chi connectivity index (χ4n) is 3.78. The highest BCUT2D eigenvalue weighted by molar-refractivity contribution is 5.13. The Labute approximate surface area is 118 Å². The van der Waals surface area contributed by atoms with E-state index in [9.17, 15) is 4.39 Å². The molecule has 5 heteroatoms. The Morgan fingerprint density at radius 2 is 2.25 bits per heavy atom. The fraction of sp³-hybridized carbons (Fsp3) is 0.667. The predicted molar refractivity (Wildman–Crippen MR) is 74.1 cm³/mol. The predicted octanol–water partition coefficient (Wildman–Crippen LogP) is 2.46. The maximum Gasteiger partial charge on any atom is 0.146 e. The van der Waals surface area contributed by atoms with Gasteiger partial charge in [0.05, 0.1) is 17.3 Å². The van der Waals surface area contributed by atoms with Gasteiger partial charge in [-0.15, -0.1) is 0 Å². The lowest BCUT2D eigenvalue weighted by Crippen LogP contribution is -2.44. The molecule has 2 fully saturated rings. The van der Waals surface area contributed by atoms with Crippen LogP contribution in [-0.2, 0) is 4.74 Å². The molecule has 4 nitrogen and oxygen atoms in total. The molecule has 110 valence electrons. The minimum absolute atomic E-state index is 0.00325. The standard InChI is InChI=1S/C15H22FN3O/c16-12-4-3-8-18-14(12)13(19-17)11-5-9-20-15(10-11)6-1-2-7-15/h3-4,8,11,13,19H,1-2,5-7,9-10,17H2. The molecule has 0 bridgehead atoms. The van der Waals surface area contributed by atoms with Gasteiger partial charge in [-0.3, -0.25) is 16.3 Å². The van der Waals surface area contributed by atoms with E-state index in [2.05, 4.69) is 10.4 Å². The second-order valence-corrected chi connectivity index (χ2v) is 6.01. The van der Waals surface area contributed by atoms with E-state index in [0.29, 0.717) is 5.69 Å². The largest absolute Gasteiger partial charge is 0.375 e. The Morgan fingerprint density at radius 1 is 1.45 bits per heavy atom. The molecule has 2 heterocycles. The monoisotopic (exact) mass is 279 g/mol. The van der Waals surface area contributed by atoms with Gasteiger partial charge in [-0.25, -0.2) is 4.39 Å². The minimum Gasteiger partial charge on any atom is -0.375 e. The molecule has 2 unspecified atom stereocenters. The van der Waals surface area contributed by atoms with Crippen LogP contribution in [0.3, 0.4) is 0 Å². The topological polar surface area (TPSA) is 60.2 Å². The molecule has 0 radical (unpaired) electrons. The summed E-state index contributed by atoms with van der Waals surface area (Å²) in [6, 6.07) is 2.81. The smallest absolute Gasteiger partial charge is 0.146 e. The summed E-state index contributed by atoms with van der Waals surface area (Å²) in [5.41, 5.74) is 3.21. The van der Waals surface area contributed by atoms with E-state index in [-0.39, 0.29) is 23.4 Å². The van der Waals surface area contributed by atoms with Crippen LogP contribution in [-0.4, -0.2) is 17.2 Å². The molecule has 1 aromatic heterocycles. The Bertz CT molecular complexity index is 462. The van der Waals surface area contributed by atoms with Crippen molar-refractivity contribution in [3.63, 3.8) is 0 Å². The second kappa shape index (κ2) is 5.76. The average molecular weight is 279 g/mol. The summed E-state index contributed by atoms with van der Waals surface area (Å²) >= 11 is 0. The van der Waals surface area contributed by atoms with Gasteiger partial charge in [0.2, 0.25) is 0 Å². The van der Waals surface area contributed by atoms with E-state index in [1.807, 2.05) is 0 Å². The number of nitrogens with one attached hydrogen (secondary N) is 1. The van der Waals surface area contributed by atoms with E-state index < -0.39 is 0 Å². The average Bonchev–Trinajstić information content (AvgIpc) is 2.90. The van der Waals surface area contributed by atoms with Gasteiger partial charge < -0.3 is 4.74 Å². The molecule has 1 saturated carbocycles. The van der Waals surface area contributed by atoms with E-state index in [1.54, 1.807) is 12.3 Å². The first-order chi connectivity index (χ1) is 9.74. The van der Waals surface area contributed by atoms with Crippen LogP contribution in [0, 0.1) is 11.7 Å². The SMILES string of the molecule is NNC(c1ncccc1F)C1CCOC2(CCCC2)C1. The van der Waals surface area contributed by atoms with Crippen LogP contribution in [0.2, 0.25) is 0 Å². The van der Waals surface area contributed by atoms with Gasteiger partial charge in [0, 0.05) is 12.8 Å². The summed E-state index contributed by atoms with van der Waals surface area (Å²) in [5.74, 6) is 5.68. The molecule has 1 aliphatic carbocycles. The lowest BCUT2D eigenvalue weighted by atomic mass is 9.79. The second-order valence-electron chi connectivity index (χ2n) is 6.01. The highest BCUT2D eigenvalue weighted by atomic mass is 19.1. The molecule has 0 aromatic carbocycles. The number of rotatable bonds is 3. The van der Waals surface area contributed by atoms with Gasteiger partial charge in [-0.1, -0.05) is 12.8 Å². The lowest BCUT2D eigenvalue weighted by molar-refractivity contribution is -0.0986. The van der Waals surface area contributed by atoms with Gasteiger partial charge in [-0.2, -0.15) is 0 Å². The number of ether oxygens (including phenoxy) is 1. The number of hydrazine groups is 1. The molecule has 3 rings (SSSR count). The normalized spacial score (nSPS) is 26.8. The zero-order valence-corrected chi connectivity index (χ0v) is 11.6. The van der Waals surface area contributed by atoms with Gasteiger partial charge in [0.1, 0.15) is 5.82 Å². The fourth-order valence-corrected chi connectivity index (χ4v) is 3.78. The number of hydrogen-bond acceptors (Lipinski definition) is 4. The summed E-state index contributed by atoms with van der Waals surface area (Å²) in [4.78, 5) is 4.18. The summed E-state index contributed by atoms with van der Waals surface area (Å²) in [5, 5.41) is 0. The van der Waals surface area contributed by atoms with Gasteiger partial charge in [0.15, 0.2) is 0 Å². The van der Waals surface area contributed by atoms with Crippen molar-refractivity contribution in [2.45, 2.75) is 50.2 Å². The molecule has 1 aliphatic heterocycles. The van der Waals surface area contributed by atoms with Crippen LogP contribution in [0.15, 0.2) is 18.3 Å². The molecule has 3 N–H and O–H groups in total. The van der Waals surface area contributed by atoms with Crippen LogP contribution in [0.5, 0.6) is 0 Å². The van der Waals surface area contributed by atoms with Crippen molar-refractivity contribution < 1.29 is 9.13 Å². The van der Waals surface area contributed by atoms with Crippen molar-refractivity contribution in [2.24, 2.45) is 11.8 Å². The highest BCUT2D eigenvalue weighted by Crippen LogP contribution is 2.45. The molecule has 1 saturated heterocycles. The van der Waals surface area contributed by atoms with E-state index in [1.165, 1.54) is 18.9 Å². The Hall–Kier alpha value is -1.04. The molecule has 1 aromatic rings. The molecule has 20 heavy (non-hydrogen) atoms. The minimum atomic E-state index is -0.289. The third-order valence-corrected chi connectivity index (χ3v) is 4.78. The molecule has 0 amide bonds. The van der Waals surface area contributed by atoms with Crippen molar-refractivity contribution in [3.8, 4) is 0 Å². The van der Waals surface area contributed by atoms with Gasteiger partial charge >= 0.3 is 0 Å². The number of nitrogens with two attached hydrogens (primary N) is 1. The zero-order chi connectivity index (χ0) is 14.0. The Morgan fingerprint density at radius 3 is 2.95 bits per heavy atom. The number of pyridine rings is 1. The van der Waals surface area contributed by atoms with Gasteiger partial charge in [-0.05, 0) is 43.7 Å². The van der Waals surface area contributed by atoms with Crippen LogP contribution in [0.4, 0.5) is 4.39 Å². The van der Waals surface area contributed by atoms with E-state index in [0.717, 1.165) is 32.3 Å². The van der Waals surface area contributed by atoms with Crippen LogP contribution in [0.25, 0.3) is 0 Å². The first-order valence-corrected chi connectivity index (χ1v) is 7.45. The molecule has 1 spiro atoms. The van der Waals surface area contributed by atoms with Crippen LogP contribution >= 0.6 is 0 Å². The quantitative estimate of drug-likeness (QED) is 0.659. The summed E-state index contributed by atoms with van der Waals surface area (Å²) in [7, 11) is 0. The lowest BCUT2D eigenvalue weighted by Gasteiger charge is -2.41. The summed E-state index contributed by atoms with van der Waals surface area (Å²) in [6.07, 6.45) is 8.14. The number of nitrogens with zero attached hydrogens (tertiary/aromatic N) is 1. The highest BCUT2D eigenvalue weighted by Gasteiger charge is 2.42. The first-order valence-electron chi connectivity index (χ1n) is 7.45. The third-order valence-electron chi connectivity index (χ3n) is 4.78.